The summed E-state index contributed by atoms with van der Waals surface area (Å²) < 4.78 is 5.02. The number of para-hydroxylation sites is 1. The molecule has 1 heterocycles. The lowest BCUT2D eigenvalue weighted by atomic mass is 10.1. The van der Waals surface area contributed by atoms with E-state index < -0.39 is 5.97 Å². The molecule has 0 saturated carbocycles. The summed E-state index contributed by atoms with van der Waals surface area (Å²) in [7, 11) is 0. The highest BCUT2D eigenvalue weighted by molar-refractivity contribution is 6.08. The first-order chi connectivity index (χ1) is 12.0. The summed E-state index contributed by atoms with van der Waals surface area (Å²) in [5.41, 5.74) is 1.92. The van der Waals surface area contributed by atoms with Crippen LogP contribution in [0.2, 0.25) is 0 Å². The van der Waals surface area contributed by atoms with E-state index in [1.807, 2.05) is 0 Å². The molecule has 0 saturated heterocycles. The predicted molar refractivity (Wildman–Crippen MR) is 97.9 cm³/mol. The number of pyridine rings is 1. The average molecular weight is 341 g/mol. The molecule has 1 aromatic carbocycles. The van der Waals surface area contributed by atoms with Gasteiger partial charge >= 0.3 is 5.97 Å². The largest absolute Gasteiger partial charge is 0.462 e. The van der Waals surface area contributed by atoms with Crippen LogP contribution in [0.3, 0.4) is 0 Å². The quantitative estimate of drug-likeness (QED) is 0.753. The maximum atomic E-state index is 12.5. The lowest BCUT2D eigenvalue weighted by Gasteiger charge is -2.12. The van der Waals surface area contributed by atoms with E-state index in [1.165, 1.54) is 6.20 Å². The fraction of sp³-hybridized carbons (Fsp3) is 0.316. The molecule has 6 heteroatoms. The average Bonchev–Trinajstić information content (AvgIpc) is 2.61. The van der Waals surface area contributed by atoms with Crippen LogP contribution in [0, 0.1) is 5.92 Å². The number of hydrogen-bond acceptors (Lipinski definition) is 5. The van der Waals surface area contributed by atoms with Gasteiger partial charge < -0.3 is 15.4 Å². The third-order valence-electron chi connectivity index (χ3n) is 3.39. The molecule has 25 heavy (non-hydrogen) atoms. The van der Waals surface area contributed by atoms with Gasteiger partial charge in [-0.3, -0.25) is 9.78 Å². The Labute approximate surface area is 147 Å². The van der Waals surface area contributed by atoms with Crippen molar-refractivity contribution in [2.24, 2.45) is 5.92 Å². The molecule has 1 amide bonds. The van der Waals surface area contributed by atoms with Crippen LogP contribution in [0.1, 0.15) is 41.5 Å². The van der Waals surface area contributed by atoms with Crippen molar-refractivity contribution in [3.05, 3.63) is 53.9 Å². The first-order valence-electron chi connectivity index (χ1n) is 8.27. The van der Waals surface area contributed by atoms with E-state index in [2.05, 4.69) is 29.5 Å². The Balaban J connectivity index is 2.15. The van der Waals surface area contributed by atoms with E-state index in [0.29, 0.717) is 22.7 Å². The number of nitrogens with one attached hydrogen (secondary N) is 2. The van der Waals surface area contributed by atoms with Crippen LogP contribution in [-0.2, 0) is 4.74 Å². The van der Waals surface area contributed by atoms with Gasteiger partial charge in [-0.2, -0.15) is 0 Å². The normalized spacial score (nSPS) is 10.4. The molecule has 0 aliphatic carbocycles. The number of rotatable bonds is 7. The van der Waals surface area contributed by atoms with E-state index >= 15 is 0 Å². The second-order valence-electron chi connectivity index (χ2n) is 5.96. The van der Waals surface area contributed by atoms with Gasteiger partial charge in [-0.1, -0.05) is 26.0 Å². The topological polar surface area (TPSA) is 80.3 Å². The van der Waals surface area contributed by atoms with Crippen LogP contribution in [0.5, 0.6) is 0 Å². The van der Waals surface area contributed by atoms with Gasteiger partial charge in [-0.05, 0) is 31.0 Å². The highest BCUT2D eigenvalue weighted by Gasteiger charge is 2.15. The Morgan fingerprint density at radius 2 is 1.96 bits per heavy atom. The van der Waals surface area contributed by atoms with Crippen molar-refractivity contribution < 1.29 is 14.3 Å². The Morgan fingerprint density at radius 3 is 2.68 bits per heavy atom. The highest BCUT2D eigenvalue weighted by atomic mass is 16.5. The molecule has 0 bridgehead atoms. The number of benzene rings is 1. The number of esters is 1. The van der Waals surface area contributed by atoms with Crippen LogP contribution in [-0.4, -0.2) is 30.0 Å². The van der Waals surface area contributed by atoms with Crippen molar-refractivity contribution >= 4 is 23.3 Å². The van der Waals surface area contributed by atoms with Gasteiger partial charge in [0.15, 0.2) is 0 Å². The minimum Gasteiger partial charge on any atom is -0.462 e. The molecule has 6 nitrogen and oxygen atoms in total. The zero-order valence-corrected chi connectivity index (χ0v) is 14.7. The minimum absolute atomic E-state index is 0.272. The molecule has 132 valence electrons. The third-order valence-corrected chi connectivity index (χ3v) is 3.39. The monoisotopic (exact) mass is 341 g/mol. The van der Waals surface area contributed by atoms with Crippen molar-refractivity contribution in [2.45, 2.75) is 20.8 Å². The standard InChI is InChI=1S/C19H23N3O3/c1-4-25-19(24)16-7-5-6-8-17(16)22-18(23)14-9-15(12-20-11-14)21-10-13(2)3/h5-9,11-13,21H,4,10H2,1-3H3,(H,22,23). The maximum absolute atomic E-state index is 12.5. The molecular weight excluding hydrogens is 318 g/mol. The Hall–Kier alpha value is -2.89. The van der Waals surface area contributed by atoms with Gasteiger partial charge in [0, 0.05) is 18.9 Å². The summed E-state index contributed by atoms with van der Waals surface area (Å²) in [6.45, 7) is 7.00. The Kier molecular flexibility index (Phi) is 6.51. The molecule has 2 aromatic rings. The Bertz CT molecular complexity index is 744. The van der Waals surface area contributed by atoms with E-state index in [-0.39, 0.29) is 12.5 Å². The second kappa shape index (κ2) is 8.82. The molecule has 0 aliphatic heterocycles. The van der Waals surface area contributed by atoms with Gasteiger partial charge in [0.1, 0.15) is 0 Å². The first kappa shape index (κ1) is 18.4. The van der Waals surface area contributed by atoms with Crippen LogP contribution in [0.15, 0.2) is 42.7 Å². The van der Waals surface area contributed by atoms with Crippen LogP contribution in [0.25, 0.3) is 0 Å². The Morgan fingerprint density at radius 1 is 1.20 bits per heavy atom. The van der Waals surface area contributed by atoms with Crippen LogP contribution in [0.4, 0.5) is 11.4 Å². The van der Waals surface area contributed by atoms with E-state index in [1.54, 1.807) is 43.5 Å². The number of nitrogens with zero attached hydrogens (tertiary/aromatic N) is 1. The number of carbonyl (C=O) groups excluding carboxylic acids is 2. The summed E-state index contributed by atoms with van der Waals surface area (Å²) in [6, 6.07) is 8.49. The van der Waals surface area contributed by atoms with Gasteiger partial charge in [0.2, 0.25) is 0 Å². The van der Waals surface area contributed by atoms with Crippen molar-refractivity contribution in [3.8, 4) is 0 Å². The molecule has 0 fully saturated rings. The van der Waals surface area contributed by atoms with Crippen LogP contribution >= 0.6 is 0 Å². The molecular formula is C19H23N3O3. The molecule has 2 rings (SSSR count). The summed E-state index contributed by atoms with van der Waals surface area (Å²) in [4.78, 5) is 28.6. The second-order valence-corrected chi connectivity index (χ2v) is 5.96. The molecule has 0 spiro atoms. The molecule has 0 unspecified atom stereocenters. The number of anilines is 2. The number of carbonyl (C=O) groups is 2. The maximum Gasteiger partial charge on any atom is 0.340 e. The number of hydrogen-bond donors (Lipinski definition) is 2. The molecule has 0 atom stereocenters. The first-order valence-corrected chi connectivity index (χ1v) is 8.27. The van der Waals surface area contributed by atoms with Gasteiger partial charge in [-0.15, -0.1) is 0 Å². The SMILES string of the molecule is CCOC(=O)c1ccccc1NC(=O)c1cncc(NCC(C)C)c1. The van der Waals surface area contributed by atoms with E-state index in [9.17, 15) is 9.59 Å². The molecule has 0 radical (unpaired) electrons. The van der Waals surface area contributed by atoms with Gasteiger partial charge in [0.25, 0.3) is 5.91 Å². The molecule has 1 aromatic heterocycles. The fourth-order valence-electron chi connectivity index (χ4n) is 2.16. The van der Waals surface area contributed by atoms with Gasteiger partial charge in [0.05, 0.1) is 29.1 Å². The smallest absolute Gasteiger partial charge is 0.340 e. The van der Waals surface area contributed by atoms with Crippen molar-refractivity contribution in [1.29, 1.82) is 0 Å². The molecule has 2 N–H and O–H groups in total. The van der Waals surface area contributed by atoms with Crippen molar-refractivity contribution in [1.82, 2.24) is 4.98 Å². The number of ether oxygens (including phenoxy) is 1. The fourth-order valence-corrected chi connectivity index (χ4v) is 2.16. The highest BCUT2D eigenvalue weighted by Crippen LogP contribution is 2.18. The zero-order chi connectivity index (χ0) is 18.2. The van der Waals surface area contributed by atoms with Gasteiger partial charge in [-0.25, -0.2) is 4.79 Å². The number of amides is 1. The lowest BCUT2D eigenvalue weighted by molar-refractivity contribution is 0.0527. The number of aromatic nitrogens is 1. The third kappa shape index (κ3) is 5.31. The zero-order valence-electron chi connectivity index (χ0n) is 14.7. The predicted octanol–water partition coefficient (Wildman–Crippen LogP) is 3.58. The van der Waals surface area contributed by atoms with E-state index in [0.717, 1.165) is 12.2 Å². The lowest BCUT2D eigenvalue weighted by Crippen LogP contribution is -2.16. The van der Waals surface area contributed by atoms with Crippen molar-refractivity contribution in [2.75, 3.05) is 23.8 Å². The van der Waals surface area contributed by atoms with E-state index in [4.69, 9.17) is 4.74 Å². The van der Waals surface area contributed by atoms with Crippen molar-refractivity contribution in [3.63, 3.8) is 0 Å². The minimum atomic E-state index is -0.469. The summed E-state index contributed by atoms with van der Waals surface area (Å²) in [6.07, 6.45) is 3.16. The summed E-state index contributed by atoms with van der Waals surface area (Å²) in [5.74, 6) is -0.324. The summed E-state index contributed by atoms with van der Waals surface area (Å²) >= 11 is 0. The summed E-state index contributed by atoms with van der Waals surface area (Å²) in [5, 5.41) is 5.98. The van der Waals surface area contributed by atoms with Crippen LogP contribution < -0.4 is 10.6 Å². The molecule has 0 aliphatic rings.